The Labute approximate surface area is 186 Å². The van der Waals surface area contributed by atoms with E-state index >= 15 is 0 Å². The average Bonchev–Trinajstić information content (AvgIpc) is 3.57. The zero-order chi connectivity index (χ0) is 22.4. The van der Waals surface area contributed by atoms with E-state index in [2.05, 4.69) is 10.4 Å². The molecule has 166 valence electrons. The largest absolute Gasteiger partial charge is 0.454 e. The predicted octanol–water partition coefficient (Wildman–Crippen LogP) is 1.94. The molecule has 2 aliphatic heterocycles. The summed E-state index contributed by atoms with van der Waals surface area (Å²) in [4.78, 5) is 25.4. The fourth-order valence-electron chi connectivity index (χ4n) is 3.81. The summed E-state index contributed by atoms with van der Waals surface area (Å²) in [5.74, 6) is 2.38. The first-order valence-electron chi connectivity index (χ1n) is 10.3. The highest BCUT2D eigenvalue weighted by atomic mass is 16.7. The maximum Gasteiger partial charge on any atom is 0.277 e. The van der Waals surface area contributed by atoms with Crippen molar-refractivity contribution in [2.45, 2.75) is 13.1 Å². The smallest absolute Gasteiger partial charge is 0.277 e. The van der Waals surface area contributed by atoms with Gasteiger partial charge in [0.25, 0.3) is 5.56 Å². The summed E-state index contributed by atoms with van der Waals surface area (Å²) < 4.78 is 24.3. The van der Waals surface area contributed by atoms with E-state index in [0.717, 1.165) is 11.1 Å². The number of fused-ring (bicyclic) bond motifs is 3. The van der Waals surface area contributed by atoms with Crippen LogP contribution in [0.3, 0.4) is 0 Å². The zero-order valence-corrected chi connectivity index (χ0v) is 17.3. The molecule has 2 aliphatic rings. The number of benzene rings is 2. The topological polar surface area (TPSA) is 105 Å². The fourth-order valence-corrected chi connectivity index (χ4v) is 3.81. The summed E-state index contributed by atoms with van der Waals surface area (Å²) in [5.41, 5.74) is 2.36. The minimum Gasteiger partial charge on any atom is -0.454 e. The average molecular weight is 446 g/mol. The summed E-state index contributed by atoms with van der Waals surface area (Å²) in [5, 5.41) is 7.30. The summed E-state index contributed by atoms with van der Waals surface area (Å²) >= 11 is 0. The monoisotopic (exact) mass is 446 g/mol. The van der Waals surface area contributed by atoms with Crippen molar-refractivity contribution in [3.63, 3.8) is 0 Å². The molecule has 10 heteroatoms. The number of aromatic nitrogens is 3. The second-order valence-corrected chi connectivity index (χ2v) is 7.62. The van der Waals surface area contributed by atoms with Crippen molar-refractivity contribution in [1.82, 2.24) is 19.5 Å². The zero-order valence-electron chi connectivity index (χ0n) is 17.3. The molecule has 0 saturated carbocycles. The van der Waals surface area contributed by atoms with Crippen molar-refractivity contribution in [3.05, 3.63) is 70.8 Å². The molecule has 2 aromatic carbocycles. The SMILES string of the molecule is O=C(Cn1ccn2nc(-c3ccc4c(c3)OCO4)cc2c1=O)NCc1ccc2c(c1)OCO2. The minimum atomic E-state index is -0.310. The Morgan fingerprint density at radius 1 is 0.909 bits per heavy atom. The fraction of sp³-hybridized carbons (Fsp3) is 0.174. The van der Waals surface area contributed by atoms with E-state index in [4.69, 9.17) is 18.9 Å². The van der Waals surface area contributed by atoms with Gasteiger partial charge < -0.3 is 28.8 Å². The van der Waals surface area contributed by atoms with Crippen LogP contribution in [0.25, 0.3) is 16.8 Å². The molecule has 33 heavy (non-hydrogen) atoms. The number of carbonyl (C=O) groups is 1. The van der Waals surface area contributed by atoms with Crippen LogP contribution in [0.5, 0.6) is 23.0 Å². The lowest BCUT2D eigenvalue weighted by atomic mass is 10.1. The van der Waals surface area contributed by atoms with Gasteiger partial charge in [0.2, 0.25) is 19.5 Å². The van der Waals surface area contributed by atoms with Gasteiger partial charge in [-0.2, -0.15) is 5.10 Å². The van der Waals surface area contributed by atoms with E-state index in [9.17, 15) is 9.59 Å². The molecule has 0 unspecified atom stereocenters. The lowest BCUT2D eigenvalue weighted by molar-refractivity contribution is -0.121. The first-order chi connectivity index (χ1) is 16.1. The molecular weight excluding hydrogens is 428 g/mol. The molecule has 2 aromatic heterocycles. The van der Waals surface area contributed by atoms with Crippen molar-refractivity contribution in [3.8, 4) is 34.3 Å². The Kier molecular flexibility index (Phi) is 4.42. The maximum atomic E-state index is 12.9. The van der Waals surface area contributed by atoms with Crippen LogP contribution in [0.1, 0.15) is 5.56 Å². The summed E-state index contributed by atoms with van der Waals surface area (Å²) in [6, 6.07) is 12.7. The summed E-state index contributed by atoms with van der Waals surface area (Å²) in [7, 11) is 0. The Hall–Kier alpha value is -4.47. The number of amides is 1. The Balaban J connectivity index is 1.18. The van der Waals surface area contributed by atoms with Gasteiger partial charge in [-0.05, 0) is 42.0 Å². The molecule has 4 aromatic rings. The molecule has 1 N–H and O–H groups in total. The Morgan fingerprint density at radius 3 is 2.45 bits per heavy atom. The van der Waals surface area contributed by atoms with Gasteiger partial charge in [0.15, 0.2) is 23.0 Å². The summed E-state index contributed by atoms with van der Waals surface area (Å²) in [6.45, 7) is 0.588. The Bertz CT molecular complexity index is 1460. The molecule has 0 saturated heterocycles. The van der Waals surface area contributed by atoms with E-state index in [1.54, 1.807) is 24.5 Å². The van der Waals surface area contributed by atoms with Crippen LogP contribution in [0.2, 0.25) is 0 Å². The molecule has 10 nitrogen and oxygen atoms in total. The molecule has 0 fully saturated rings. The predicted molar refractivity (Wildman–Crippen MR) is 115 cm³/mol. The van der Waals surface area contributed by atoms with Crippen molar-refractivity contribution >= 4 is 11.4 Å². The molecule has 0 aliphatic carbocycles. The number of nitrogens with one attached hydrogen (secondary N) is 1. The van der Waals surface area contributed by atoms with Gasteiger partial charge in [-0.3, -0.25) is 9.59 Å². The van der Waals surface area contributed by atoms with E-state index in [1.165, 1.54) is 9.08 Å². The highest BCUT2D eigenvalue weighted by Crippen LogP contribution is 2.35. The third-order valence-electron chi connectivity index (χ3n) is 5.51. The third kappa shape index (κ3) is 3.51. The van der Waals surface area contributed by atoms with E-state index in [-0.39, 0.29) is 31.6 Å². The molecule has 1 amide bonds. The molecule has 0 atom stereocenters. The van der Waals surface area contributed by atoms with Crippen LogP contribution in [0.15, 0.2) is 59.7 Å². The van der Waals surface area contributed by atoms with Crippen molar-refractivity contribution in [2.24, 2.45) is 0 Å². The lowest BCUT2D eigenvalue weighted by Crippen LogP contribution is -2.32. The normalized spacial score (nSPS) is 13.5. The van der Waals surface area contributed by atoms with Gasteiger partial charge in [0.05, 0.1) is 5.69 Å². The number of ether oxygens (including phenoxy) is 4. The molecule has 0 radical (unpaired) electrons. The molecular formula is C23H18N4O6. The standard InChI is InChI=1S/C23H18N4O6/c28-22(24-10-14-1-3-18-20(7-14)32-12-30-18)11-26-5-6-27-17(23(26)29)9-16(25-27)15-2-4-19-21(8-15)33-13-31-19/h1-9H,10-13H2,(H,24,28). The number of hydrogen-bond acceptors (Lipinski definition) is 7. The van der Waals surface area contributed by atoms with E-state index in [0.29, 0.717) is 40.8 Å². The Morgan fingerprint density at radius 2 is 1.64 bits per heavy atom. The van der Waals surface area contributed by atoms with Crippen molar-refractivity contribution < 1.29 is 23.7 Å². The second kappa shape index (κ2) is 7.59. The molecule has 4 heterocycles. The van der Waals surface area contributed by atoms with Gasteiger partial charge in [-0.15, -0.1) is 0 Å². The van der Waals surface area contributed by atoms with E-state index in [1.807, 2.05) is 30.3 Å². The van der Waals surface area contributed by atoms with Crippen LogP contribution >= 0.6 is 0 Å². The van der Waals surface area contributed by atoms with Crippen LogP contribution in [-0.4, -0.2) is 33.7 Å². The van der Waals surface area contributed by atoms with Gasteiger partial charge >= 0.3 is 0 Å². The summed E-state index contributed by atoms with van der Waals surface area (Å²) in [6.07, 6.45) is 3.20. The number of hydrogen-bond donors (Lipinski definition) is 1. The van der Waals surface area contributed by atoms with Gasteiger partial charge in [-0.1, -0.05) is 6.07 Å². The highest BCUT2D eigenvalue weighted by Gasteiger charge is 2.17. The van der Waals surface area contributed by atoms with Gasteiger partial charge in [0.1, 0.15) is 12.1 Å². The number of carbonyl (C=O) groups excluding carboxylic acids is 1. The minimum absolute atomic E-state index is 0.107. The van der Waals surface area contributed by atoms with Crippen LogP contribution in [-0.2, 0) is 17.9 Å². The van der Waals surface area contributed by atoms with Crippen LogP contribution in [0.4, 0.5) is 0 Å². The maximum absolute atomic E-state index is 12.9. The van der Waals surface area contributed by atoms with E-state index < -0.39 is 0 Å². The number of nitrogens with zero attached hydrogens (tertiary/aromatic N) is 3. The van der Waals surface area contributed by atoms with Gasteiger partial charge in [0, 0.05) is 24.5 Å². The first-order valence-corrected chi connectivity index (χ1v) is 10.3. The number of rotatable bonds is 5. The van der Waals surface area contributed by atoms with Crippen molar-refractivity contribution in [2.75, 3.05) is 13.6 Å². The molecule has 6 rings (SSSR count). The lowest BCUT2D eigenvalue weighted by Gasteiger charge is -2.08. The van der Waals surface area contributed by atoms with Gasteiger partial charge in [-0.25, -0.2) is 4.52 Å². The highest BCUT2D eigenvalue weighted by molar-refractivity contribution is 5.76. The molecule has 0 spiro atoms. The van der Waals surface area contributed by atoms with Crippen LogP contribution < -0.4 is 29.8 Å². The quantitative estimate of drug-likeness (QED) is 0.499. The van der Waals surface area contributed by atoms with Crippen molar-refractivity contribution in [1.29, 1.82) is 0 Å². The van der Waals surface area contributed by atoms with Crippen LogP contribution in [0, 0.1) is 0 Å². The molecule has 0 bridgehead atoms. The third-order valence-corrected chi connectivity index (χ3v) is 5.51. The first kappa shape index (κ1) is 19.2. The second-order valence-electron chi connectivity index (χ2n) is 7.62.